The van der Waals surface area contributed by atoms with Gasteiger partial charge in [0.25, 0.3) is 11.7 Å². The zero-order valence-corrected chi connectivity index (χ0v) is 23.2. The topological polar surface area (TPSA) is 207 Å². The maximum atomic E-state index is 13.5. The highest BCUT2D eigenvalue weighted by Crippen LogP contribution is 2.34. The van der Waals surface area contributed by atoms with Gasteiger partial charge in [0, 0.05) is 51.2 Å². The number of hydrazine groups is 2. The molecule has 0 saturated carbocycles. The number of para-hydroxylation sites is 1. The van der Waals surface area contributed by atoms with E-state index in [4.69, 9.17) is 21.5 Å². The van der Waals surface area contributed by atoms with Crippen LogP contribution in [0.15, 0.2) is 48.8 Å². The SMILES string of the molecule is COc1cnc(-c2cc(CNCCO)[nH]n2)c2[nH]cc(C(=O)C(=O)N3CCN(C(NN)N(N)c4ccccc4)CC3)c12. The predicted molar refractivity (Wildman–Crippen MR) is 156 cm³/mol. The largest absolute Gasteiger partial charge is 0.494 e. The number of aromatic nitrogens is 4. The molecule has 1 unspecified atom stereocenters. The normalized spacial score (nSPS) is 14.7. The van der Waals surface area contributed by atoms with Gasteiger partial charge in [-0.2, -0.15) is 5.10 Å². The number of Topliss-reactive ketones (excluding diaryl/α,β-unsaturated/α-hetero) is 1. The van der Waals surface area contributed by atoms with Gasteiger partial charge in [0.05, 0.1) is 42.1 Å². The number of piperazine rings is 1. The molecule has 4 aromatic rings. The van der Waals surface area contributed by atoms with Crippen LogP contribution in [0.25, 0.3) is 22.3 Å². The molecule has 0 bridgehead atoms. The van der Waals surface area contributed by atoms with E-state index in [1.165, 1.54) is 29.4 Å². The Morgan fingerprint density at radius 1 is 1.21 bits per heavy atom. The van der Waals surface area contributed by atoms with Gasteiger partial charge in [-0.05, 0) is 18.2 Å². The molecule has 1 aromatic carbocycles. The summed E-state index contributed by atoms with van der Waals surface area (Å²) in [5, 5.41) is 21.3. The summed E-state index contributed by atoms with van der Waals surface area (Å²) in [7, 11) is 1.48. The molecule has 15 heteroatoms. The fourth-order valence-electron chi connectivity index (χ4n) is 5.05. The number of ether oxygens (including phenoxy) is 1. The minimum absolute atomic E-state index is 0.0291. The lowest BCUT2D eigenvalue weighted by Crippen LogP contribution is -2.65. The van der Waals surface area contributed by atoms with Gasteiger partial charge in [0.1, 0.15) is 17.1 Å². The summed E-state index contributed by atoms with van der Waals surface area (Å²) in [6.45, 7) is 2.51. The van der Waals surface area contributed by atoms with Crippen LogP contribution in [0.5, 0.6) is 5.75 Å². The first-order valence-corrected chi connectivity index (χ1v) is 13.5. The average molecular weight is 578 g/mol. The highest BCUT2D eigenvalue weighted by atomic mass is 16.5. The Morgan fingerprint density at radius 2 is 1.98 bits per heavy atom. The van der Waals surface area contributed by atoms with E-state index >= 15 is 0 Å². The highest BCUT2D eigenvalue weighted by molar-refractivity contribution is 6.45. The number of hydrogen-bond acceptors (Lipinski definition) is 12. The summed E-state index contributed by atoms with van der Waals surface area (Å²) in [6, 6.07) is 11.2. The molecule has 3 aromatic heterocycles. The fourth-order valence-corrected chi connectivity index (χ4v) is 5.05. The van der Waals surface area contributed by atoms with Crippen molar-refractivity contribution in [2.75, 3.05) is 51.4 Å². The lowest BCUT2D eigenvalue weighted by Gasteiger charge is -2.42. The van der Waals surface area contributed by atoms with Crippen LogP contribution in [0, 0.1) is 0 Å². The number of carbonyl (C=O) groups excluding carboxylic acids is 2. The molecule has 1 aliphatic rings. The van der Waals surface area contributed by atoms with Crippen molar-refractivity contribution in [3.05, 3.63) is 60.0 Å². The molecule has 1 aliphatic heterocycles. The Morgan fingerprint density at radius 3 is 2.67 bits per heavy atom. The zero-order valence-electron chi connectivity index (χ0n) is 23.2. The first kappa shape index (κ1) is 29.1. The van der Waals surface area contributed by atoms with Gasteiger partial charge in [-0.15, -0.1) is 0 Å². The molecule has 5 rings (SSSR count). The van der Waals surface area contributed by atoms with Crippen LogP contribution in [0.2, 0.25) is 0 Å². The molecule has 15 nitrogen and oxygen atoms in total. The third-order valence-electron chi connectivity index (χ3n) is 7.22. The second-order valence-corrected chi connectivity index (χ2v) is 9.75. The average Bonchev–Trinajstić information content (AvgIpc) is 3.69. The number of anilines is 1. The number of methoxy groups -OCH3 is 1. The summed E-state index contributed by atoms with van der Waals surface area (Å²) in [4.78, 5) is 38.1. The van der Waals surface area contributed by atoms with Crippen LogP contribution < -0.4 is 32.2 Å². The summed E-state index contributed by atoms with van der Waals surface area (Å²) in [5.74, 6) is 11.2. The van der Waals surface area contributed by atoms with Crippen molar-refractivity contribution < 1.29 is 19.4 Å². The first-order valence-electron chi connectivity index (χ1n) is 13.5. The van der Waals surface area contributed by atoms with Gasteiger partial charge in [-0.1, -0.05) is 18.2 Å². The van der Waals surface area contributed by atoms with Crippen molar-refractivity contribution in [3.63, 3.8) is 0 Å². The van der Waals surface area contributed by atoms with E-state index in [1.807, 2.05) is 41.3 Å². The summed E-state index contributed by atoms with van der Waals surface area (Å²) >= 11 is 0. The van der Waals surface area contributed by atoms with Crippen molar-refractivity contribution in [1.29, 1.82) is 0 Å². The number of aliphatic hydroxyl groups is 1. The van der Waals surface area contributed by atoms with Crippen LogP contribution in [-0.4, -0.2) is 99.5 Å². The zero-order chi connectivity index (χ0) is 29.6. The van der Waals surface area contributed by atoms with Crippen LogP contribution in [0.4, 0.5) is 5.69 Å². The van der Waals surface area contributed by atoms with Gasteiger partial charge in [-0.25, -0.2) is 16.3 Å². The Labute approximate surface area is 241 Å². The van der Waals surface area contributed by atoms with E-state index in [0.29, 0.717) is 67.3 Å². The monoisotopic (exact) mass is 577 g/mol. The van der Waals surface area contributed by atoms with Crippen molar-refractivity contribution >= 4 is 28.3 Å². The number of fused-ring (bicyclic) bond motifs is 1. The molecule has 1 amide bonds. The van der Waals surface area contributed by atoms with Crippen molar-refractivity contribution in [2.24, 2.45) is 11.7 Å². The lowest BCUT2D eigenvalue weighted by atomic mass is 10.1. The third kappa shape index (κ3) is 5.82. The van der Waals surface area contributed by atoms with Crippen LogP contribution in [0.1, 0.15) is 16.1 Å². The molecule has 9 N–H and O–H groups in total. The van der Waals surface area contributed by atoms with Gasteiger partial charge in [-0.3, -0.25) is 30.4 Å². The molecular formula is C27H35N11O4. The summed E-state index contributed by atoms with van der Waals surface area (Å²) in [5.41, 5.74) is 6.09. The van der Waals surface area contributed by atoms with Crippen LogP contribution in [-0.2, 0) is 11.3 Å². The minimum atomic E-state index is -0.653. The second kappa shape index (κ2) is 13.1. The number of benzene rings is 1. The van der Waals surface area contributed by atoms with E-state index in [0.717, 1.165) is 11.4 Å². The fraction of sp³-hybridized carbons (Fsp3) is 0.333. The van der Waals surface area contributed by atoms with E-state index < -0.39 is 18.0 Å². The molecule has 0 spiro atoms. The van der Waals surface area contributed by atoms with E-state index in [-0.39, 0.29) is 12.2 Å². The number of hydrogen-bond donors (Lipinski definition) is 7. The molecule has 1 fully saturated rings. The second-order valence-electron chi connectivity index (χ2n) is 9.75. The Hall–Kier alpha value is -4.38. The first-order chi connectivity index (χ1) is 20.5. The number of nitrogens with two attached hydrogens (primary N) is 2. The van der Waals surface area contributed by atoms with Crippen molar-refractivity contribution in [1.82, 2.24) is 40.7 Å². The number of ketones is 1. The maximum Gasteiger partial charge on any atom is 0.295 e. The Kier molecular flexibility index (Phi) is 9.06. The number of pyridine rings is 1. The molecule has 1 saturated heterocycles. The highest BCUT2D eigenvalue weighted by Gasteiger charge is 2.33. The standard InChI is InChI=1S/C27H35N11O4/c1-42-21-16-32-23(20-13-17(34-35-20)14-30-7-12-39)24-22(21)19(15-31-24)25(40)26(41)36-8-10-37(11-9-36)27(33-28)38(29)18-5-3-2-4-6-18/h2-6,13,15-16,27,30-31,33,39H,7-12,14,28-29H2,1H3,(H,34,35). The molecule has 222 valence electrons. The number of aromatic amines is 2. The van der Waals surface area contributed by atoms with Crippen LogP contribution in [0.3, 0.4) is 0 Å². The molecule has 0 aliphatic carbocycles. The van der Waals surface area contributed by atoms with E-state index in [1.54, 1.807) is 0 Å². The van der Waals surface area contributed by atoms with Crippen LogP contribution >= 0.6 is 0 Å². The number of carbonyl (C=O) groups is 2. The number of rotatable bonds is 12. The lowest BCUT2D eigenvalue weighted by molar-refractivity contribution is -0.128. The number of nitrogens with one attached hydrogen (secondary N) is 4. The molecule has 4 heterocycles. The van der Waals surface area contributed by atoms with Gasteiger partial charge in [0.15, 0.2) is 6.29 Å². The number of aliphatic hydroxyl groups excluding tert-OH is 1. The Balaban J connectivity index is 1.31. The van der Waals surface area contributed by atoms with Gasteiger partial charge >= 0.3 is 0 Å². The number of nitrogens with zero attached hydrogens (tertiary/aromatic N) is 5. The van der Waals surface area contributed by atoms with E-state index in [9.17, 15) is 9.59 Å². The van der Waals surface area contributed by atoms with Crippen molar-refractivity contribution in [2.45, 2.75) is 12.8 Å². The quantitative estimate of drug-likeness (QED) is 0.0284. The minimum Gasteiger partial charge on any atom is -0.494 e. The number of amides is 1. The predicted octanol–water partition coefficient (Wildman–Crippen LogP) is -0.502. The Bertz CT molecular complexity index is 1520. The third-order valence-corrected chi connectivity index (χ3v) is 7.22. The molecule has 1 atom stereocenters. The smallest absolute Gasteiger partial charge is 0.295 e. The molecule has 0 radical (unpaired) electrons. The summed E-state index contributed by atoms with van der Waals surface area (Å²) in [6.07, 6.45) is 2.51. The van der Waals surface area contributed by atoms with Gasteiger partial charge < -0.3 is 25.0 Å². The maximum absolute atomic E-state index is 13.5. The molecular weight excluding hydrogens is 542 g/mol. The van der Waals surface area contributed by atoms with Gasteiger partial charge in [0.2, 0.25) is 0 Å². The van der Waals surface area contributed by atoms with E-state index in [2.05, 4.69) is 30.9 Å². The number of H-pyrrole nitrogens is 2. The summed E-state index contributed by atoms with van der Waals surface area (Å²) < 4.78 is 5.51. The molecule has 42 heavy (non-hydrogen) atoms. The van der Waals surface area contributed by atoms with Crippen molar-refractivity contribution in [3.8, 4) is 17.1 Å².